The number of hydrogen-bond donors (Lipinski definition) is 0. The summed E-state index contributed by atoms with van der Waals surface area (Å²) in [4.78, 5) is 21.9. The SMILES string of the molecule is CCc1cccc2sc(N(CCN(C)C)C(=O)c3cc(C)n(CC)n3)nc12. The molecule has 144 valence electrons. The van der Waals surface area contributed by atoms with E-state index >= 15 is 0 Å². The molecule has 0 unspecified atom stereocenters. The Morgan fingerprint density at radius 3 is 2.63 bits per heavy atom. The molecule has 27 heavy (non-hydrogen) atoms. The van der Waals surface area contributed by atoms with Gasteiger partial charge in [-0.05, 0) is 52.1 Å². The molecule has 6 nitrogen and oxygen atoms in total. The number of carbonyl (C=O) groups is 1. The maximum atomic E-state index is 13.3. The molecule has 7 heteroatoms. The van der Waals surface area contributed by atoms with E-state index in [0.29, 0.717) is 12.2 Å². The molecule has 1 aromatic carbocycles. The zero-order valence-corrected chi connectivity index (χ0v) is 17.5. The van der Waals surface area contributed by atoms with E-state index in [1.54, 1.807) is 16.2 Å². The number of rotatable bonds is 7. The van der Waals surface area contributed by atoms with Gasteiger partial charge in [-0.1, -0.05) is 30.4 Å². The second-order valence-electron chi connectivity index (χ2n) is 6.86. The highest BCUT2D eigenvalue weighted by Crippen LogP contribution is 2.31. The molecule has 2 aromatic heterocycles. The van der Waals surface area contributed by atoms with Gasteiger partial charge in [-0.25, -0.2) is 4.98 Å². The highest BCUT2D eigenvalue weighted by Gasteiger charge is 2.24. The van der Waals surface area contributed by atoms with Crippen molar-refractivity contribution in [3.8, 4) is 0 Å². The van der Waals surface area contributed by atoms with Gasteiger partial charge in [0.05, 0.1) is 10.2 Å². The summed E-state index contributed by atoms with van der Waals surface area (Å²) in [7, 11) is 4.01. The first kappa shape index (κ1) is 19.5. The third kappa shape index (κ3) is 4.04. The van der Waals surface area contributed by atoms with Gasteiger partial charge in [0.25, 0.3) is 5.91 Å². The molecule has 0 radical (unpaired) electrons. The first-order valence-corrected chi connectivity index (χ1v) is 10.2. The Hall–Kier alpha value is -2.25. The molecule has 0 N–H and O–H groups in total. The van der Waals surface area contributed by atoms with E-state index in [-0.39, 0.29) is 5.91 Å². The highest BCUT2D eigenvalue weighted by molar-refractivity contribution is 7.22. The molecule has 0 aliphatic carbocycles. The average Bonchev–Trinajstić information content (AvgIpc) is 3.24. The lowest BCUT2D eigenvalue weighted by molar-refractivity contribution is 0.0979. The minimum Gasteiger partial charge on any atom is -0.308 e. The van der Waals surface area contributed by atoms with Crippen LogP contribution in [0.2, 0.25) is 0 Å². The maximum Gasteiger partial charge on any atom is 0.280 e. The Morgan fingerprint density at radius 1 is 1.22 bits per heavy atom. The van der Waals surface area contributed by atoms with Crippen LogP contribution >= 0.6 is 11.3 Å². The fraction of sp³-hybridized carbons (Fsp3) is 0.450. The van der Waals surface area contributed by atoms with E-state index in [1.807, 2.05) is 38.7 Å². The van der Waals surface area contributed by atoms with Crippen LogP contribution in [-0.4, -0.2) is 52.8 Å². The first-order chi connectivity index (χ1) is 12.9. The van der Waals surface area contributed by atoms with E-state index in [1.165, 1.54) is 5.56 Å². The van der Waals surface area contributed by atoms with Gasteiger partial charge in [0.2, 0.25) is 0 Å². The van der Waals surface area contributed by atoms with Crippen molar-refractivity contribution in [3.63, 3.8) is 0 Å². The van der Waals surface area contributed by atoms with Gasteiger partial charge in [0, 0.05) is 25.3 Å². The zero-order valence-electron chi connectivity index (χ0n) is 16.7. The number of carbonyl (C=O) groups excluding carboxylic acids is 1. The van der Waals surface area contributed by atoms with Crippen LogP contribution in [0.3, 0.4) is 0 Å². The van der Waals surface area contributed by atoms with Gasteiger partial charge in [-0.2, -0.15) is 5.10 Å². The van der Waals surface area contributed by atoms with Crippen molar-refractivity contribution >= 4 is 32.6 Å². The van der Waals surface area contributed by atoms with Gasteiger partial charge in [-0.3, -0.25) is 14.4 Å². The van der Waals surface area contributed by atoms with Crippen molar-refractivity contribution in [1.82, 2.24) is 19.7 Å². The largest absolute Gasteiger partial charge is 0.308 e. The highest BCUT2D eigenvalue weighted by atomic mass is 32.1. The van der Waals surface area contributed by atoms with Gasteiger partial charge in [-0.15, -0.1) is 0 Å². The molecule has 0 bridgehead atoms. The zero-order chi connectivity index (χ0) is 19.6. The summed E-state index contributed by atoms with van der Waals surface area (Å²) in [6.45, 7) is 8.21. The van der Waals surface area contributed by atoms with Crippen LogP contribution < -0.4 is 4.90 Å². The van der Waals surface area contributed by atoms with Crippen molar-refractivity contribution in [2.24, 2.45) is 0 Å². The molecule has 0 saturated heterocycles. The maximum absolute atomic E-state index is 13.3. The van der Waals surface area contributed by atoms with Crippen LogP contribution in [0.25, 0.3) is 10.2 Å². The third-order valence-corrected chi connectivity index (χ3v) is 5.66. The standard InChI is InChI=1S/C20H27N5OS/c1-6-15-9-8-10-17-18(15)21-20(27-17)24(12-11-23(4)5)19(26)16-13-14(3)25(7-2)22-16/h8-10,13H,6-7,11-12H2,1-5H3. The molecular formula is C20H27N5OS. The fourth-order valence-corrected chi connectivity index (χ4v) is 4.09. The smallest absolute Gasteiger partial charge is 0.280 e. The molecule has 1 amide bonds. The van der Waals surface area contributed by atoms with E-state index in [9.17, 15) is 4.79 Å². The lowest BCUT2D eigenvalue weighted by Crippen LogP contribution is -2.37. The van der Waals surface area contributed by atoms with Gasteiger partial charge >= 0.3 is 0 Å². The van der Waals surface area contributed by atoms with Gasteiger partial charge in [0.1, 0.15) is 0 Å². The summed E-state index contributed by atoms with van der Waals surface area (Å²) in [5.41, 5.74) is 3.67. The quantitative estimate of drug-likeness (QED) is 0.624. The van der Waals surface area contributed by atoms with E-state index in [2.05, 4.69) is 35.1 Å². The molecule has 0 aliphatic heterocycles. The van der Waals surface area contributed by atoms with Crippen molar-refractivity contribution in [2.75, 3.05) is 32.1 Å². The van der Waals surface area contributed by atoms with Crippen molar-refractivity contribution < 1.29 is 4.79 Å². The third-order valence-electron chi connectivity index (χ3n) is 4.62. The van der Waals surface area contributed by atoms with Crippen LogP contribution in [0.4, 0.5) is 5.13 Å². The molecule has 0 aliphatic rings. The summed E-state index contributed by atoms with van der Waals surface area (Å²) >= 11 is 1.57. The number of likely N-dealkylation sites (N-methyl/N-ethyl adjacent to an activating group) is 1. The Kier molecular flexibility index (Phi) is 5.92. The molecule has 0 saturated carbocycles. The fourth-order valence-electron chi connectivity index (χ4n) is 3.05. The number of nitrogens with zero attached hydrogens (tertiary/aromatic N) is 5. The lowest BCUT2D eigenvalue weighted by atomic mass is 10.1. The number of thiazole rings is 1. The minimum absolute atomic E-state index is 0.0933. The van der Waals surface area contributed by atoms with Crippen molar-refractivity contribution in [2.45, 2.75) is 33.7 Å². The summed E-state index contributed by atoms with van der Waals surface area (Å²) in [6.07, 6.45) is 0.923. The predicted molar refractivity (Wildman–Crippen MR) is 112 cm³/mol. The monoisotopic (exact) mass is 385 g/mol. The van der Waals surface area contributed by atoms with E-state index < -0.39 is 0 Å². The molecule has 0 atom stereocenters. The molecule has 2 heterocycles. The molecule has 3 aromatic rings. The second kappa shape index (κ2) is 8.19. The Balaban J connectivity index is 2.01. The van der Waals surface area contributed by atoms with Crippen molar-refractivity contribution in [1.29, 1.82) is 0 Å². The van der Waals surface area contributed by atoms with Crippen LogP contribution in [0.1, 0.15) is 35.6 Å². The van der Waals surface area contributed by atoms with Gasteiger partial charge < -0.3 is 4.90 Å². The molecule has 3 rings (SSSR count). The Morgan fingerprint density at radius 2 is 2.00 bits per heavy atom. The number of hydrogen-bond acceptors (Lipinski definition) is 5. The van der Waals surface area contributed by atoms with Crippen LogP contribution in [-0.2, 0) is 13.0 Å². The number of para-hydroxylation sites is 1. The summed E-state index contributed by atoms with van der Waals surface area (Å²) in [6, 6.07) is 8.09. The number of fused-ring (bicyclic) bond motifs is 1. The molecule has 0 spiro atoms. The van der Waals surface area contributed by atoms with E-state index in [0.717, 1.165) is 40.6 Å². The minimum atomic E-state index is -0.0933. The number of anilines is 1. The molecular weight excluding hydrogens is 358 g/mol. The second-order valence-corrected chi connectivity index (χ2v) is 7.87. The summed E-state index contributed by atoms with van der Waals surface area (Å²) in [5, 5.41) is 5.22. The topological polar surface area (TPSA) is 54.3 Å². The first-order valence-electron chi connectivity index (χ1n) is 9.34. The van der Waals surface area contributed by atoms with Crippen LogP contribution in [0.5, 0.6) is 0 Å². The summed E-state index contributed by atoms with van der Waals surface area (Å²) < 4.78 is 2.97. The van der Waals surface area contributed by atoms with Crippen LogP contribution in [0, 0.1) is 6.92 Å². The van der Waals surface area contributed by atoms with E-state index in [4.69, 9.17) is 4.98 Å². The van der Waals surface area contributed by atoms with Gasteiger partial charge in [0.15, 0.2) is 10.8 Å². The molecule has 0 fully saturated rings. The Labute approximate surface area is 164 Å². The number of aryl methyl sites for hydroxylation is 3. The van der Waals surface area contributed by atoms with Crippen LogP contribution in [0.15, 0.2) is 24.3 Å². The number of aromatic nitrogens is 3. The number of amides is 1. The average molecular weight is 386 g/mol. The predicted octanol–water partition coefficient (Wildman–Crippen LogP) is 3.59. The summed E-state index contributed by atoms with van der Waals surface area (Å²) in [5.74, 6) is -0.0933. The Bertz CT molecular complexity index is 943. The normalized spacial score (nSPS) is 11.5. The number of benzene rings is 1. The van der Waals surface area contributed by atoms with Crippen molar-refractivity contribution in [3.05, 3.63) is 41.2 Å². The lowest BCUT2D eigenvalue weighted by Gasteiger charge is -2.21.